The second-order valence-corrected chi connectivity index (χ2v) is 4.14. The van der Waals surface area contributed by atoms with Crippen LogP contribution < -0.4 is 4.74 Å². The molecule has 0 radical (unpaired) electrons. The molecule has 1 aliphatic rings. The lowest BCUT2D eigenvalue weighted by molar-refractivity contribution is -0.141. The van der Waals surface area contributed by atoms with Gasteiger partial charge in [-0.25, -0.2) is 0 Å². The van der Waals surface area contributed by atoms with Gasteiger partial charge in [0, 0.05) is 6.61 Å². The Kier molecular flexibility index (Phi) is 3.64. The second kappa shape index (κ2) is 5.19. The average Bonchev–Trinajstić information content (AvgIpc) is 2.83. The van der Waals surface area contributed by atoms with Crippen molar-refractivity contribution >= 4 is 5.97 Å². The summed E-state index contributed by atoms with van der Waals surface area (Å²) in [5.41, 5.74) is 0.769. The molecule has 2 unspecified atom stereocenters. The van der Waals surface area contributed by atoms with Crippen LogP contribution in [0.25, 0.3) is 0 Å². The van der Waals surface area contributed by atoms with E-state index in [1.807, 2.05) is 0 Å². The topological polar surface area (TPSA) is 55.8 Å². The van der Waals surface area contributed by atoms with Crippen LogP contribution in [0.1, 0.15) is 24.3 Å². The second-order valence-electron chi connectivity index (χ2n) is 4.14. The number of carbonyl (C=O) groups is 1. The van der Waals surface area contributed by atoms with Gasteiger partial charge in [0.05, 0.1) is 13.2 Å². The Balaban J connectivity index is 2.22. The fraction of sp³-hybridized carbons (Fsp3) is 0.462. The molecule has 0 spiro atoms. The molecule has 1 aromatic rings. The van der Waals surface area contributed by atoms with Crippen molar-refractivity contribution in [1.82, 2.24) is 0 Å². The lowest BCUT2D eigenvalue weighted by Gasteiger charge is -2.19. The third kappa shape index (κ3) is 2.58. The van der Waals surface area contributed by atoms with Gasteiger partial charge in [0.1, 0.15) is 11.7 Å². The number of hydrogen-bond acceptors (Lipinski definition) is 3. The van der Waals surface area contributed by atoms with Crippen molar-refractivity contribution in [2.45, 2.75) is 24.9 Å². The predicted octanol–water partition coefficient (Wildman–Crippen LogP) is 2.04. The van der Waals surface area contributed by atoms with Crippen LogP contribution in [-0.2, 0) is 9.53 Å². The highest BCUT2D eigenvalue weighted by Gasteiger charge is 2.32. The minimum atomic E-state index is -0.831. The summed E-state index contributed by atoms with van der Waals surface area (Å²) in [6, 6.07) is 7.14. The van der Waals surface area contributed by atoms with Crippen molar-refractivity contribution < 1.29 is 19.4 Å². The monoisotopic (exact) mass is 236 g/mol. The number of carboxylic acid groups (broad SMARTS) is 1. The molecular formula is C13H16O4. The highest BCUT2D eigenvalue weighted by molar-refractivity contribution is 5.77. The lowest BCUT2D eigenvalue weighted by atomic mass is 9.92. The summed E-state index contributed by atoms with van der Waals surface area (Å²) in [7, 11) is 1.59. The molecule has 92 valence electrons. The highest BCUT2D eigenvalue weighted by Crippen LogP contribution is 2.30. The van der Waals surface area contributed by atoms with Gasteiger partial charge in [-0.15, -0.1) is 0 Å². The molecule has 2 rings (SSSR count). The van der Waals surface area contributed by atoms with E-state index < -0.39 is 11.9 Å². The maximum absolute atomic E-state index is 11.3. The molecule has 2 atom stereocenters. The van der Waals surface area contributed by atoms with Crippen molar-refractivity contribution in [2.75, 3.05) is 13.7 Å². The fourth-order valence-corrected chi connectivity index (χ4v) is 2.19. The van der Waals surface area contributed by atoms with E-state index in [1.165, 1.54) is 0 Å². The first kappa shape index (κ1) is 11.9. The molecule has 0 amide bonds. The molecular weight excluding hydrogens is 220 g/mol. The Hall–Kier alpha value is -1.55. The van der Waals surface area contributed by atoms with Crippen molar-refractivity contribution in [1.29, 1.82) is 0 Å². The number of hydrogen-bond donors (Lipinski definition) is 1. The van der Waals surface area contributed by atoms with Gasteiger partial charge in [-0.2, -0.15) is 0 Å². The van der Waals surface area contributed by atoms with Gasteiger partial charge in [0.15, 0.2) is 0 Å². The standard InChI is InChI=1S/C13H16O4/c1-16-10-6-4-9(5-7-10)12(13(14)15)11-3-2-8-17-11/h4-7,11-12H,2-3,8H2,1H3,(H,14,15). The van der Waals surface area contributed by atoms with Gasteiger partial charge in [-0.05, 0) is 30.5 Å². The van der Waals surface area contributed by atoms with Gasteiger partial charge >= 0.3 is 5.97 Å². The summed E-state index contributed by atoms with van der Waals surface area (Å²) in [5, 5.41) is 9.30. The normalized spacial score (nSPS) is 21.1. The zero-order valence-electron chi connectivity index (χ0n) is 9.76. The average molecular weight is 236 g/mol. The quantitative estimate of drug-likeness (QED) is 0.869. The van der Waals surface area contributed by atoms with E-state index in [9.17, 15) is 9.90 Å². The van der Waals surface area contributed by atoms with Crippen molar-refractivity contribution in [3.8, 4) is 5.75 Å². The van der Waals surface area contributed by atoms with Crippen LogP contribution in [0, 0.1) is 0 Å². The van der Waals surface area contributed by atoms with Gasteiger partial charge in [-0.1, -0.05) is 12.1 Å². The van der Waals surface area contributed by atoms with Gasteiger partial charge in [0.2, 0.25) is 0 Å². The van der Waals surface area contributed by atoms with Gasteiger partial charge in [-0.3, -0.25) is 4.79 Å². The van der Waals surface area contributed by atoms with E-state index in [1.54, 1.807) is 31.4 Å². The lowest BCUT2D eigenvalue weighted by Crippen LogP contribution is -2.25. The van der Waals surface area contributed by atoms with Crippen LogP contribution in [0.15, 0.2) is 24.3 Å². The number of benzene rings is 1. The van der Waals surface area contributed by atoms with Crippen LogP contribution >= 0.6 is 0 Å². The SMILES string of the molecule is COc1ccc(C(C(=O)O)C2CCCO2)cc1. The molecule has 0 saturated carbocycles. The molecule has 17 heavy (non-hydrogen) atoms. The summed E-state index contributed by atoms with van der Waals surface area (Å²) in [6.45, 7) is 0.657. The maximum Gasteiger partial charge on any atom is 0.313 e. The Morgan fingerprint density at radius 2 is 2.18 bits per heavy atom. The molecule has 0 bridgehead atoms. The summed E-state index contributed by atoms with van der Waals surface area (Å²) < 4.78 is 10.5. The zero-order valence-corrected chi connectivity index (χ0v) is 9.76. The first-order valence-electron chi connectivity index (χ1n) is 5.70. The zero-order chi connectivity index (χ0) is 12.3. The van der Waals surface area contributed by atoms with Crippen molar-refractivity contribution in [3.63, 3.8) is 0 Å². The highest BCUT2D eigenvalue weighted by atomic mass is 16.5. The number of carboxylic acids is 1. The Morgan fingerprint density at radius 3 is 2.65 bits per heavy atom. The molecule has 1 aromatic carbocycles. The molecule has 1 heterocycles. The van der Waals surface area contributed by atoms with Gasteiger partial charge < -0.3 is 14.6 Å². The van der Waals surface area contributed by atoms with Crippen molar-refractivity contribution in [2.24, 2.45) is 0 Å². The molecule has 1 aliphatic heterocycles. The molecule has 1 fully saturated rings. The van der Waals surface area contributed by atoms with E-state index in [-0.39, 0.29) is 6.10 Å². The summed E-state index contributed by atoms with van der Waals surface area (Å²) in [6.07, 6.45) is 1.54. The predicted molar refractivity (Wildman–Crippen MR) is 62.3 cm³/mol. The van der Waals surface area contributed by atoms with E-state index >= 15 is 0 Å². The number of aliphatic carboxylic acids is 1. The molecule has 1 saturated heterocycles. The minimum absolute atomic E-state index is 0.208. The van der Waals surface area contributed by atoms with Crippen LogP contribution in [0.5, 0.6) is 5.75 Å². The third-order valence-electron chi connectivity index (χ3n) is 3.08. The minimum Gasteiger partial charge on any atom is -0.497 e. The molecule has 4 heteroatoms. The number of ether oxygens (including phenoxy) is 2. The first-order valence-corrected chi connectivity index (χ1v) is 5.70. The van der Waals surface area contributed by atoms with Crippen LogP contribution in [0.2, 0.25) is 0 Å². The Morgan fingerprint density at radius 1 is 1.47 bits per heavy atom. The third-order valence-corrected chi connectivity index (χ3v) is 3.08. The summed E-state index contributed by atoms with van der Waals surface area (Å²) >= 11 is 0. The largest absolute Gasteiger partial charge is 0.497 e. The summed E-state index contributed by atoms with van der Waals surface area (Å²) in [5.74, 6) is -0.685. The Bertz CT molecular complexity index is 379. The van der Waals surface area contributed by atoms with Crippen LogP contribution in [0.4, 0.5) is 0 Å². The molecule has 0 aromatic heterocycles. The first-order chi connectivity index (χ1) is 8.22. The van der Waals surface area contributed by atoms with E-state index in [4.69, 9.17) is 9.47 Å². The molecule has 1 N–H and O–H groups in total. The number of methoxy groups -OCH3 is 1. The fourth-order valence-electron chi connectivity index (χ4n) is 2.19. The number of rotatable bonds is 4. The van der Waals surface area contributed by atoms with E-state index in [0.717, 1.165) is 24.2 Å². The molecule has 4 nitrogen and oxygen atoms in total. The van der Waals surface area contributed by atoms with Crippen LogP contribution in [0.3, 0.4) is 0 Å². The summed E-state index contributed by atoms with van der Waals surface area (Å²) in [4.78, 5) is 11.3. The van der Waals surface area contributed by atoms with Crippen LogP contribution in [-0.4, -0.2) is 30.9 Å². The van der Waals surface area contributed by atoms with Crippen molar-refractivity contribution in [3.05, 3.63) is 29.8 Å². The van der Waals surface area contributed by atoms with Gasteiger partial charge in [0.25, 0.3) is 0 Å². The smallest absolute Gasteiger partial charge is 0.313 e. The Labute approximate surface area is 100 Å². The van der Waals surface area contributed by atoms with E-state index in [2.05, 4.69) is 0 Å². The van der Waals surface area contributed by atoms with E-state index in [0.29, 0.717) is 6.61 Å². The maximum atomic E-state index is 11.3. The molecule has 0 aliphatic carbocycles.